The maximum Gasteiger partial charge on any atom is 0.193 e. The van der Waals surface area contributed by atoms with E-state index < -0.39 is 0 Å². The molecule has 2 atom stereocenters. The molecule has 0 bridgehead atoms. The van der Waals surface area contributed by atoms with Gasteiger partial charge in [0.1, 0.15) is 5.82 Å². The number of imidazole rings is 1. The zero-order chi connectivity index (χ0) is 22.5. The van der Waals surface area contributed by atoms with Gasteiger partial charge in [-0.1, -0.05) is 42.5 Å². The van der Waals surface area contributed by atoms with Crippen LogP contribution in [0.15, 0.2) is 59.6 Å². The lowest BCUT2D eigenvalue weighted by Crippen LogP contribution is -2.56. The van der Waals surface area contributed by atoms with E-state index in [1.165, 1.54) is 31.4 Å². The van der Waals surface area contributed by atoms with E-state index in [0.717, 1.165) is 67.8 Å². The standard InChI is InChI=1S/C27H36N6.HI/c1-28-27(29-16-7-14-26-30-23-12-5-6-13-24(23)31-26)33-18-15-25-22(20-33)11-8-17-32(25)19-21-9-3-2-4-10-21;/h2-6,9-10,12-13,22,25H,7-8,11,14-20H2,1H3,(H,28,29)(H,30,31);1H. The van der Waals surface area contributed by atoms with Crippen LogP contribution in [0.5, 0.6) is 0 Å². The Balaban J connectivity index is 0.00000274. The fourth-order valence-corrected chi connectivity index (χ4v) is 5.63. The van der Waals surface area contributed by atoms with E-state index in [4.69, 9.17) is 4.98 Å². The molecule has 182 valence electrons. The van der Waals surface area contributed by atoms with Crippen molar-refractivity contribution in [3.8, 4) is 0 Å². The van der Waals surface area contributed by atoms with Crippen molar-refractivity contribution in [1.29, 1.82) is 0 Å². The summed E-state index contributed by atoms with van der Waals surface area (Å²) in [7, 11) is 1.91. The van der Waals surface area contributed by atoms with E-state index >= 15 is 0 Å². The monoisotopic (exact) mass is 572 g/mol. The first-order valence-corrected chi connectivity index (χ1v) is 12.5. The number of fused-ring (bicyclic) bond motifs is 2. The maximum absolute atomic E-state index is 4.69. The minimum absolute atomic E-state index is 0. The van der Waals surface area contributed by atoms with E-state index in [2.05, 4.69) is 67.6 Å². The average molecular weight is 573 g/mol. The first-order chi connectivity index (χ1) is 16.3. The van der Waals surface area contributed by atoms with E-state index in [1.54, 1.807) is 0 Å². The molecule has 5 rings (SSSR count). The molecule has 3 heterocycles. The minimum atomic E-state index is 0. The van der Waals surface area contributed by atoms with Crippen LogP contribution in [0.2, 0.25) is 0 Å². The van der Waals surface area contributed by atoms with Crippen LogP contribution < -0.4 is 5.32 Å². The number of nitrogens with zero attached hydrogens (tertiary/aromatic N) is 4. The van der Waals surface area contributed by atoms with Gasteiger partial charge < -0.3 is 15.2 Å². The quantitative estimate of drug-likeness (QED) is 0.195. The second kappa shape index (κ2) is 12.0. The third-order valence-electron chi connectivity index (χ3n) is 7.23. The number of aromatic amines is 1. The number of para-hydroxylation sites is 2. The molecule has 2 saturated heterocycles. The predicted molar refractivity (Wildman–Crippen MR) is 151 cm³/mol. The normalized spacial score (nSPS) is 21.2. The topological polar surface area (TPSA) is 59.6 Å². The van der Waals surface area contributed by atoms with Crippen LogP contribution in [-0.2, 0) is 13.0 Å². The van der Waals surface area contributed by atoms with E-state index in [9.17, 15) is 0 Å². The van der Waals surface area contributed by atoms with Gasteiger partial charge in [0.25, 0.3) is 0 Å². The molecular weight excluding hydrogens is 535 g/mol. The van der Waals surface area contributed by atoms with Crippen LogP contribution in [-0.4, -0.2) is 65.0 Å². The number of aryl methyl sites for hydroxylation is 1. The van der Waals surface area contributed by atoms with Gasteiger partial charge in [0.15, 0.2) is 5.96 Å². The van der Waals surface area contributed by atoms with E-state index in [0.29, 0.717) is 6.04 Å². The Hall–Kier alpha value is -2.13. The number of piperidine rings is 2. The molecule has 2 aliphatic heterocycles. The third kappa shape index (κ3) is 5.92. The maximum atomic E-state index is 4.69. The smallest absolute Gasteiger partial charge is 0.193 e. The number of halogens is 1. The number of guanidine groups is 1. The van der Waals surface area contributed by atoms with Crippen molar-refractivity contribution in [2.75, 3.05) is 33.2 Å². The van der Waals surface area contributed by atoms with Crippen molar-refractivity contribution in [1.82, 2.24) is 25.1 Å². The van der Waals surface area contributed by atoms with Crippen molar-refractivity contribution in [2.24, 2.45) is 10.9 Å². The Morgan fingerprint density at radius 1 is 1.09 bits per heavy atom. The zero-order valence-electron chi connectivity index (χ0n) is 20.1. The Morgan fingerprint density at radius 2 is 1.91 bits per heavy atom. The number of H-pyrrole nitrogens is 1. The molecule has 0 saturated carbocycles. The average Bonchev–Trinajstić information content (AvgIpc) is 3.28. The second-order valence-electron chi connectivity index (χ2n) is 9.44. The molecule has 0 aliphatic carbocycles. The second-order valence-corrected chi connectivity index (χ2v) is 9.44. The molecule has 2 aromatic carbocycles. The van der Waals surface area contributed by atoms with Crippen molar-refractivity contribution in [2.45, 2.75) is 44.7 Å². The van der Waals surface area contributed by atoms with Crippen molar-refractivity contribution >= 4 is 41.0 Å². The van der Waals surface area contributed by atoms with Crippen LogP contribution in [0.1, 0.15) is 37.1 Å². The number of nitrogens with one attached hydrogen (secondary N) is 2. The molecule has 2 unspecified atom stereocenters. The van der Waals surface area contributed by atoms with Crippen LogP contribution in [0.3, 0.4) is 0 Å². The van der Waals surface area contributed by atoms with Crippen LogP contribution in [0.25, 0.3) is 11.0 Å². The minimum Gasteiger partial charge on any atom is -0.356 e. The molecule has 0 radical (unpaired) electrons. The predicted octanol–water partition coefficient (Wildman–Crippen LogP) is 4.68. The van der Waals surface area contributed by atoms with Gasteiger partial charge in [0.2, 0.25) is 0 Å². The highest BCUT2D eigenvalue weighted by Crippen LogP contribution is 2.31. The first kappa shape index (κ1) is 25.0. The Labute approximate surface area is 220 Å². The van der Waals surface area contributed by atoms with Gasteiger partial charge in [-0.05, 0) is 55.8 Å². The van der Waals surface area contributed by atoms with Crippen LogP contribution >= 0.6 is 24.0 Å². The molecular formula is C27H37IN6. The van der Waals surface area contributed by atoms with Crippen LogP contribution in [0, 0.1) is 5.92 Å². The Morgan fingerprint density at radius 3 is 2.74 bits per heavy atom. The SMILES string of the molecule is CN=C(NCCCc1nc2ccccc2[nH]1)N1CCC2C(CCCN2Cc2ccccc2)C1.I. The summed E-state index contributed by atoms with van der Waals surface area (Å²) < 4.78 is 0. The van der Waals surface area contributed by atoms with E-state index in [1.807, 2.05) is 19.2 Å². The van der Waals surface area contributed by atoms with Crippen molar-refractivity contribution < 1.29 is 0 Å². The van der Waals surface area contributed by atoms with Gasteiger partial charge in [-0.15, -0.1) is 24.0 Å². The molecule has 7 heteroatoms. The highest BCUT2D eigenvalue weighted by Gasteiger charge is 2.36. The highest BCUT2D eigenvalue weighted by atomic mass is 127. The zero-order valence-corrected chi connectivity index (χ0v) is 22.4. The number of hydrogen-bond donors (Lipinski definition) is 2. The van der Waals surface area contributed by atoms with Gasteiger partial charge in [-0.25, -0.2) is 4.98 Å². The number of hydrogen-bond acceptors (Lipinski definition) is 3. The molecule has 0 amide bonds. The summed E-state index contributed by atoms with van der Waals surface area (Å²) in [4.78, 5) is 17.9. The van der Waals surface area contributed by atoms with Gasteiger partial charge in [-0.3, -0.25) is 9.89 Å². The highest BCUT2D eigenvalue weighted by molar-refractivity contribution is 14.0. The number of aliphatic imine (C=N–C) groups is 1. The van der Waals surface area contributed by atoms with Crippen molar-refractivity contribution in [3.05, 3.63) is 66.0 Å². The fourth-order valence-electron chi connectivity index (χ4n) is 5.63. The fraction of sp³-hybridized carbons (Fsp3) is 0.481. The summed E-state index contributed by atoms with van der Waals surface area (Å²) in [6, 6.07) is 19.9. The molecule has 3 aromatic rings. The molecule has 2 aliphatic rings. The lowest BCUT2D eigenvalue weighted by atomic mass is 9.83. The summed E-state index contributed by atoms with van der Waals surface area (Å²) >= 11 is 0. The number of rotatable bonds is 6. The van der Waals surface area contributed by atoms with Crippen LogP contribution in [0.4, 0.5) is 0 Å². The molecule has 1 aromatic heterocycles. The third-order valence-corrected chi connectivity index (χ3v) is 7.23. The lowest BCUT2D eigenvalue weighted by Gasteiger charge is -2.48. The number of benzene rings is 2. The molecule has 34 heavy (non-hydrogen) atoms. The lowest BCUT2D eigenvalue weighted by molar-refractivity contribution is 0.0372. The number of aromatic nitrogens is 2. The first-order valence-electron chi connectivity index (χ1n) is 12.5. The van der Waals surface area contributed by atoms with Gasteiger partial charge in [0.05, 0.1) is 11.0 Å². The summed E-state index contributed by atoms with van der Waals surface area (Å²) in [6.45, 7) is 5.41. The van der Waals surface area contributed by atoms with Gasteiger partial charge in [-0.2, -0.15) is 0 Å². The molecule has 6 nitrogen and oxygen atoms in total. The molecule has 2 fully saturated rings. The summed E-state index contributed by atoms with van der Waals surface area (Å²) in [5, 5.41) is 3.61. The largest absolute Gasteiger partial charge is 0.356 e. The van der Waals surface area contributed by atoms with E-state index in [-0.39, 0.29) is 24.0 Å². The van der Waals surface area contributed by atoms with Gasteiger partial charge >= 0.3 is 0 Å². The summed E-state index contributed by atoms with van der Waals surface area (Å²) in [5.74, 6) is 2.85. The van der Waals surface area contributed by atoms with Gasteiger partial charge in [0, 0.05) is 45.7 Å². The molecule has 2 N–H and O–H groups in total. The molecule has 0 spiro atoms. The Kier molecular flexibility index (Phi) is 8.83. The van der Waals surface area contributed by atoms with Crippen molar-refractivity contribution in [3.63, 3.8) is 0 Å². The summed E-state index contributed by atoms with van der Waals surface area (Å²) in [6.07, 6.45) is 5.82. The number of likely N-dealkylation sites (tertiary alicyclic amines) is 2. The Bertz CT molecular complexity index is 1030. The summed E-state index contributed by atoms with van der Waals surface area (Å²) in [5.41, 5.74) is 3.60.